The van der Waals surface area contributed by atoms with Crippen LogP contribution in [0, 0.1) is 11.7 Å². The first-order valence-corrected chi connectivity index (χ1v) is 12.9. The zero-order valence-corrected chi connectivity index (χ0v) is 21.8. The van der Waals surface area contributed by atoms with Gasteiger partial charge in [-0.05, 0) is 12.1 Å². The number of nitrogens with two attached hydrogens (primary N) is 1. The Morgan fingerprint density at radius 1 is 1.32 bits per heavy atom. The molecule has 2 fully saturated rings. The summed E-state index contributed by atoms with van der Waals surface area (Å²) in [4.78, 5) is 38.0. The fourth-order valence-corrected chi connectivity index (χ4v) is 6.24. The number of amides is 2. The number of fused-ring (bicyclic) bond motifs is 1. The van der Waals surface area contributed by atoms with Crippen LogP contribution < -0.4 is 11.1 Å². The fraction of sp³-hybridized carbons (Fsp3) is 0.417. The summed E-state index contributed by atoms with van der Waals surface area (Å²) in [5.74, 6) is -0.411. The molecule has 196 valence electrons. The summed E-state index contributed by atoms with van der Waals surface area (Å²) in [5, 5.41) is 5.89. The van der Waals surface area contributed by atoms with Gasteiger partial charge in [0, 0.05) is 72.6 Å². The van der Waals surface area contributed by atoms with Gasteiger partial charge in [0.05, 0.1) is 19.3 Å². The Hall–Kier alpha value is -3.06. The molecule has 1 aromatic heterocycles. The average molecular weight is 549 g/mol. The minimum Gasteiger partial charge on any atom is -0.466 e. The second-order valence-electron chi connectivity index (χ2n) is 9.06. The normalized spacial score (nSPS) is 25.3. The average Bonchev–Trinajstić information content (AvgIpc) is 3.54. The molecule has 4 unspecified atom stereocenters. The predicted octanol–water partition coefficient (Wildman–Crippen LogP) is 2.16. The van der Waals surface area contributed by atoms with Crippen LogP contribution in [0.15, 0.2) is 46.0 Å². The molecule has 4 atom stereocenters. The van der Waals surface area contributed by atoms with Gasteiger partial charge in [0.1, 0.15) is 11.9 Å². The second-order valence-corrected chi connectivity index (χ2v) is 10.4. The number of rotatable bonds is 7. The number of aromatic nitrogens is 1. The van der Waals surface area contributed by atoms with Gasteiger partial charge in [-0.2, -0.15) is 0 Å². The number of amidine groups is 1. The van der Waals surface area contributed by atoms with Crippen LogP contribution in [-0.4, -0.2) is 85.2 Å². The number of thiazole rings is 1. The van der Waals surface area contributed by atoms with Crippen molar-refractivity contribution in [3.8, 4) is 0 Å². The van der Waals surface area contributed by atoms with E-state index >= 15 is 0 Å². The predicted molar refractivity (Wildman–Crippen MR) is 136 cm³/mol. The first-order valence-electron chi connectivity index (χ1n) is 11.6. The van der Waals surface area contributed by atoms with Crippen molar-refractivity contribution in [1.29, 1.82) is 0 Å². The summed E-state index contributed by atoms with van der Waals surface area (Å²) < 4.78 is 24.5. The zero-order chi connectivity index (χ0) is 26.3. The number of hydrogen-bond acceptors (Lipinski definition) is 9. The Balaban J connectivity index is 1.56. The first-order chi connectivity index (χ1) is 17.8. The van der Waals surface area contributed by atoms with Crippen LogP contribution in [0.3, 0.4) is 0 Å². The van der Waals surface area contributed by atoms with Gasteiger partial charge in [0.25, 0.3) is 0 Å². The van der Waals surface area contributed by atoms with Gasteiger partial charge in [-0.15, -0.1) is 11.3 Å². The van der Waals surface area contributed by atoms with Crippen molar-refractivity contribution in [3.63, 3.8) is 0 Å². The van der Waals surface area contributed by atoms with Gasteiger partial charge < -0.3 is 25.4 Å². The van der Waals surface area contributed by atoms with Crippen molar-refractivity contribution >= 4 is 40.8 Å². The number of carbonyl (C=O) groups excluding carboxylic acids is 2. The SMILES string of the molecule is COCC1C2CN(C(N)=O)CC2N1CC1=C(C(=O)OC)C(c2ccc(F)cc2Cl)N=C(c2nccs2)N1. The van der Waals surface area contributed by atoms with E-state index in [1.54, 1.807) is 18.2 Å². The van der Waals surface area contributed by atoms with Crippen molar-refractivity contribution in [3.05, 3.63) is 62.5 Å². The van der Waals surface area contributed by atoms with E-state index in [1.807, 2.05) is 5.38 Å². The fourth-order valence-electron chi connectivity index (χ4n) is 5.39. The molecule has 2 amide bonds. The third-order valence-corrected chi connectivity index (χ3v) is 8.20. The molecular formula is C24H26ClFN6O4S. The van der Waals surface area contributed by atoms with E-state index in [-0.39, 0.29) is 28.6 Å². The van der Waals surface area contributed by atoms with Gasteiger partial charge in [0.15, 0.2) is 10.8 Å². The maximum atomic E-state index is 13.9. The highest BCUT2D eigenvalue weighted by Crippen LogP contribution is 2.41. The highest BCUT2D eigenvalue weighted by atomic mass is 35.5. The smallest absolute Gasteiger partial charge is 0.338 e. The number of hydrogen-bond donors (Lipinski definition) is 2. The Morgan fingerprint density at radius 2 is 2.14 bits per heavy atom. The molecule has 1 aromatic carbocycles. The van der Waals surface area contributed by atoms with E-state index in [4.69, 9.17) is 31.8 Å². The Labute approximate surface area is 221 Å². The lowest BCUT2D eigenvalue weighted by Crippen LogP contribution is -2.66. The maximum Gasteiger partial charge on any atom is 0.338 e. The molecule has 0 aliphatic carbocycles. The van der Waals surface area contributed by atoms with E-state index in [0.29, 0.717) is 48.3 Å². The summed E-state index contributed by atoms with van der Waals surface area (Å²) in [6.07, 6.45) is 1.66. The lowest BCUT2D eigenvalue weighted by Gasteiger charge is -2.52. The van der Waals surface area contributed by atoms with Crippen molar-refractivity contribution in [2.45, 2.75) is 18.1 Å². The Bertz CT molecular complexity index is 1270. The van der Waals surface area contributed by atoms with E-state index in [0.717, 1.165) is 0 Å². The molecule has 0 spiro atoms. The molecule has 0 bridgehead atoms. The lowest BCUT2D eigenvalue weighted by atomic mass is 9.82. The number of esters is 1. The highest BCUT2D eigenvalue weighted by molar-refractivity contribution is 7.11. The monoisotopic (exact) mass is 548 g/mol. The highest BCUT2D eigenvalue weighted by Gasteiger charge is 2.54. The Kier molecular flexibility index (Phi) is 7.17. The lowest BCUT2D eigenvalue weighted by molar-refractivity contribution is -0.136. The largest absolute Gasteiger partial charge is 0.466 e. The molecule has 2 saturated heterocycles. The molecule has 0 radical (unpaired) electrons. The van der Waals surface area contributed by atoms with Gasteiger partial charge in [0.2, 0.25) is 0 Å². The van der Waals surface area contributed by atoms with Gasteiger partial charge >= 0.3 is 12.0 Å². The summed E-state index contributed by atoms with van der Waals surface area (Å²) in [7, 11) is 2.93. The number of nitrogens with one attached hydrogen (secondary N) is 1. The van der Waals surface area contributed by atoms with Crippen LogP contribution in [0.25, 0.3) is 0 Å². The Morgan fingerprint density at radius 3 is 2.78 bits per heavy atom. The molecule has 0 saturated carbocycles. The number of methoxy groups -OCH3 is 2. The number of ether oxygens (including phenoxy) is 2. The molecule has 13 heteroatoms. The first kappa shape index (κ1) is 25.6. The molecular weight excluding hydrogens is 523 g/mol. The molecule has 3 aliphatic heterocycles. The number of benzene rings is 1. The van der Waals surface area contributed by atoms with Crippen LogP contribution in [0.2, 0.25) is 5.02 Å². The maximum absolute atomic E-state index is 13.9. The van der Waals surface area contributed by atoms with Crippen LogP contribution in [0.5, 0.6) is 0 Å². The van der Waals surface area contributed by atoms with Crippen molar-refractivity contribution in [2.75, 3.05) is 40.5 Å². The minimum absolute atomic E-state index is 0.0163. The van der Waals surface area contributed by atoms with Crippen molar-refractivity contribution in [1.82, 2.24) is 20.1 Å². The van der Waals surface area contributed by atoms with Crippen LogP contribution in [0.1, 0.15) is 16.6 Å². The zero-order valence-electron chi connectivity index (χ0n) is 20.2. The molecule has 37 heavy (non-hydrogen) atoms. The van der Waals surface area contributed by atoms with Crippen molar-refractivity contribution < 1.29 is 23.5 Å². The molecule has 10 nitrogen and oxygen atoms in total. The molecule has 4 heterocycles. The summed E-state index contributed by atoms with van der Waals surface area (Å²) in [5.41, 5.74) is 6.85. The number of carbonyl (C=O) groups is 2. The summed E-state index contributed by atoms with van der Waals surface area (Å²) in [6, 6.07) is 2.75. The van der Waals surface area contributed by atoms with Gasteiger partial charge in [-0.3, -0.25) is 9.89 Å². The topological polar surface area (TPSA) is 122 Å². The number of halogens is 2. The molecule has 3 aliphatic rings. The minimum atomic E-state index is -0.848. The second kappa shape index (κ2) is 10.4. The van der Waals surface area contributed by atoms with Crippen LogP contribution >= 0.6 is 22.9 Å². The van der Waals surface area contributed by atoms with Crippen LogP contribution in [-0.2, 0) is 14.3 Å². The van der Waals surface area contributed by atoms with E-state index in [9.17, 15) is 14.0 Å². The summed E-state index contributed by atoms with van der Waals surface area (Å²) in [6.45, 7) is 1.82. The standard InChI is InChI=1S/C24H26ClFN6O4S/c1-35-11-18-14-8-31(24(27)34)10-17(14)32(18)9-16-19(23(33)36-2)20(13-4-3-12(26)7-15(13)25)30-21(29-16)22-28-5-6-37-22/h3-7,14,17-18,20H,8-11H2,1-2H3,(H2,27,34)(H,29,30). The van der Waals surface area contributed by atoms with E-state index in [1.165, 1.54) is 36.6 Å². The van der Waals surface area contributed by atoms with E-state index < -0.39 is 23.9 Å². The molecule has 3 N–H and O–H groups in total. The van der Waals surface area contributed by atoms with Gasteiger partial charge in [-0.1, -0.05) is 17.7 Å². The number of nitrogens with zero attached hydrogens (tertiary/aromatic N) is 4. The van der Waals surface area contributed by atoms with Crippen molar-refractivity contribution in [2.24, 2.45) is 16.6 Å². The number of primary amides is 1. The van der Waals surface area contributed by atoms with Gasteiger partial charge in [-0.25, -0.2) is 19.0 Å². The third kappa shape index (κ3) is 4.70. The molecule has 5 rings (SSSR count). The van der Waals surface area contributed by atoms with Crippen LogP contribution in [0.4, 0.5) is 9.18 Å². The number of aliphatic imine (C=N–C) groups is 1. The third-order valence-electron chi connectivity index (χ3n) is 7.09. The molecule has 2 aromatic rings. The van der Waals surface area contributed by atoms with E-state index in [2.05, 4.69) is 15.2 Å². The quantitative estimate of drug-likeness (QED) is 0.508. The number of urea groups is 1. The summed E-state index contributed by atoms with van der Waals surface area (Å²) >= 11 is 7.82. The number of likely N-dealkylation sites (tertiary alicyclic amines) is 2.